The van der Waals surface area contributed by atoms with E-state index < -0.39 is 5.91 Å². The highest BCUT2D eigenvalue weighted by Crippen LogP contribution is 2.32. The zero-order valence-corrected chi connectivity index (χ0v) is 18.6. The van der Waals surface area contributed by atoms with Crippen LogP contribution >= 0.6 is 0 Å². The maximum atomic E-state index is 12.6. The minimum Gasteiger partial charge on any atom is -0.497 e. The normalized spacial score (nSPS) is 10.8. The fourth-order valence-electron chi connectivity index (χ4n) is 4.02. The van der Waals surface area contributed by atoms with Gasteiger partial charge >= 0.3 is 0 Å². The first-order valence-electron chi connectivity index (χ1n) is 10.9. The summed E-state index contributed by atoms with van der Waals surface area (Å²) in [5.41, 5.74) is 11.0. The fourth-order valence-corrected chi connectivity index (χ4v) is 4.02. The molecule has 1 heterocycles. The number of carbonyl (C=O) groups is 2. The lowest BCUT2D eigenvalue weighted by Crippen LogP contribution is -2.26. The van der Waals surface area contributed by atoms with Gasteiger partial charge in [-0.3, -0.25) is 9.59 Å². The first-order chi connectivity index (χ1) is 16.0. The van der Waals surface area contributed by atoms with Gasteiger partial charge < -0.3 is 20.8 Å². The number of hydrogen-bond acceptors (Lipinski definition) is 3. The standard InChI is InChI=1S/C27H27N3O3/c1-33-21-11-9-19(10-12-21)26-23(22-7-2-3-8-24(22)30-26)13-14-25(31)29-16-15-18-5-4-6-20(17-18)27(28)32/h2-12,17,30H,13-16H2,1H3,(H2,28,32)(H,29,31). The molecule has 0 unspecified atom stereocenters. The molecule has 0 saturated heterocycles. The van der Waals surface area contributed by atoms with Crippen LogP contribution in [0.5, 0.6) is 5.75 Å². The van der Waals surface area contributed by atoms with E-state index in [1.54, 1.807) is 25.3 Å². The number of primary amides is 1. The molecule has 2 amide bonds. The molecule has 0 aliphatic rings. The van der Waals surface area contributed by atoms with Gasteiger partial charge in [0.2, 0.25) is 11.8 Å². The number of methoxy groups -OCH3 is 1. The predicted octanol–water partition coefficient (Wildman–Crippen LogP) is 4.23. The Bertz CT molecular complexity index is 1280. The maximum absolute atomic E-state index is 12.6. The molecule has 6 heteroatoms. The second kappa shape index (κ2) is 10.0. The molecule has 4 rings (SSSR count). The number of hydrogen-bond donors (Lipinski definition) is 3. The highest BCUT2D eigenvalue weighted by molar-refractivity contribution is 5.93. The summed E-state index contributed by atoms with van der Waals surface area (Å²) in [6, 6.07) is 23.2. The smallest absolute Gasteiger partial charge is 0.248 e. The third-order valence-electron chi connectivity index (χ3n) is 5.74. The van der Waals surface area contributed by atoms with Crippen molar-refractivity contribution in [1.29, 1.82) is 0 Å². The molecule has 0 fully saturated rings. The average Bonchev–Trinajstić information content (AvgIpc) is 3.21. The molecular formula is C27H27N3O3. The lowest BCUT2D eigenvalue weighted by atomic mass is 10.0. The van der Waals surface area contributed by atoms with Crippen molar-refractivity contribution in [2.75, 3.05) is 13.7 Å². The number of nitrogens with one attached hydrogen (secondary N) is 2. The zero-order chi connectivity index (χ0) is 23.2. The molecule has 33 heavy (non-hydrogen) atoms. The van der Waals surface area contributed by atoms with E-state index in [0.29, 0.717) is 31.4 Å². The van der Waals surface area contributed by atoms with Crippen molar-refractivity contribution < 1.29 is 14.3 Å². The van der Waals surface area contributed by atoms with Crippen LogP contribution in [0.15, 0.2) is 72.8 Å². The highest BCUT2D eigenvalue weighted by Gasteiger charge is 2.14. The van der Waals surface area contributed by atoms with Gasteiger partial charge in [0, 0.05) is 35.1 Å². The second-order valence-corrected chi connectivity index (χ2v) is 7.92. The molecule has 168 valence electrons. The van der Waals surface area contributed by atoms with Gasteiger partial charge in [-0.1, -0.05) is 30.3 Å². The minimum atomic E-state index is -0.452. The van der Waals surface area contributed by atoms with E-state index in [2.05, 4.69) is 16.4 Å². The van der Waals surface area contributed by atoms with Crippen molar-refractivity contribution in [2.45, 2.75) is 19.3 Å². The third-order valence-corrected chi connectivity index (χ3v) is 5.74. The van der Waals surface area contributed by atoms with Gasteiger partial charge in [0.15, 0.2) is 0 Å². The molecule has 0 saturated carbocycles. The molecule has 1 aromatic heterocycles. The van der Waals surface area contributed by atoms with Crippen molar-refractivity contribution in [3.63, 3.8) is 0 Å². The van der Waals surface area contributed by atoms with Crippen LogP contribution in [0.2, 0.25) is 0 Å². The molecule has 4 aromatic rings. The molecular weight excluding hydrogens is 414 g/mol. The SMILES string of the molecule is COc1ccc(-c2[nH]c3ccccc3c2CCC(=O)NCCc2cccc(C(N)=O)c2)cc1. The van der Waals surface area contributed by atoms with Gasteiger partial charge in [-0.2, -0.15) is 0 Å². The van der Waals surface area contributed by atoms with Crippen LogP contribution in [0.3, 0.4) is 0 Å². The van der Waals surface area contributed by atoms with Crippen molar-refractivity contribution in [1.82, 2.24) is 10.3 Å². The van der Waals surface area contributed by atoms with E-state index in [1.165, 1.54) is 0 Å². The highest BCUT2D eigenvalue weighted by atomic mass is 16.5. The molecule has 3 aromatic carbocycles. The number of para-hydroxylation sites is 1. The Labute approximate surface area is 192 Å². The van der Waals surface area contributed by atoms with Crippen LogP contribution in [-0.2, 0) is 17.6 Å². The molecule has 4 N–H and O–H groups in total. The number of H-pyrrole nitrogens is 1. The number of aromatic nitrogens is 1. The number of ether oxygens (including phenoxy) is 1. The number of fused-ring (bicyclic) bond motifs is 1. The third kappa shape index (κ3) is 5.23. The summed E-state index contributed by atoms with van der Waals surface area (Å²) in [7, 11) is 1.65. The number of aromatic amines is 1. The van der Waals surface area contributed by atoms with Crippen molar-refractivity contribution in [2.24, 2.45) is 5.73 Å². The largest absolute Gasteiger partial charge is 0.497 e. The predicted molar refractivity (Wildman–Crippen MR) is 130 cm³/mol. The van der Waals surface area contributed by atoms with Gasteiger partial charge in [-0.15, -0.1) is 0 Å². The Hall–Kier alpha value is -4.06. The number of nitrogens with two attached hydrogens (primary N) is 1. The Morgan fingerprint density at radius 2 is 1.76 bits per heavy atom. The average molecular weight is 442 g/mol. The van der Waals surface area contributed by atoms with E-state index in [-0.39, 0.29) is 5.91 Å². The van der Waals surface area contributed by atoms with Crippen LogP contribution in [0.25, 0.3) is 22.2 Å². The quantitative estimate of drug-likeness (QED) is 0.362. The van der Waals surface area contributed by atoms with Crippen LogP contribution in [0.1, 0.15) is 27.9 Å². The molecule has 0 aliphatic carbocycles. The van der Waals surface area contributed by atoms with Crippen molar-refractivity contribution in [3.8, 4) is 17.0 Å². The fraction of sp³-hybridized carbons (Fsp3) is 0.185. The summed E-state index contributed by atoms with van der Waals surface area (Å²) >= 11 is 0. The monoisotopic (exact) mass is 441 g/mol. The number of aryl methyl sites for hydroxylation is 1. The molecule has 0 atom stereocenters. The first-order valence-corrected chi connectivity index (χ1v) is 10.9. The van der Waals surface area contributed by atoms with E-state index in [1.807, 2.05) is 48.5 Å². The Kier molecular flexibility index (Phi) is 6.74. The van der Waals surface area contributed by atoms with Crippen molar-refractivity contribution in [3.05, 3.63) is 89.5 Å². The van der Waals surface area contributed by atoms with Gasteiger partial charge in [-0.05, 0) is 72.0 Å². The summed E-state index contributed by atoms with van der Waals surface area (Å²) in [5.74, 6) is 0.344. The number of rotatable bonds is 9. The summed E-state index contributed by atoms with van der Waals surface area (Å²) in [5, 5.41) is 4.11. The lowest BCUT2D eigenvalue weighted by Gasteiger charge is -2.08. The summed E-state index contributed by atoms with van der Waals surface area (Å²) in [6.45, 7) is 0.500. The number of amides is 2. The molecule has 0 bridgehead atoms. The van der Waals surface area contributed by atoms with Gasteiger partial charge in [0.25, 0.3) is 0 Å². The first kappa shape index (κ1) is 22.1. The van der Waals surface area contributed by atoms with Crippen LogP contribution in [0, 0.1) is 0 Å². The summed E-state index contributed by atoms with van der Waals surface area (Å²) in [6.07, 6.45) is 1.64. The Morgan fingerprint density at radius 1 is 0.970 bits per heavy atom. The van der Waals surface area contributed by atoms with E-state index >= 15 is 0 Å². The van der Waals surface area contributed by atoms with Crippen LogP contribution in [-0.4, -0.2) is 30.5 Å². The Balaban J connectivity index is 1.42. The number of carbonyl (C=O) groups excluding carboxylic acids is 2. The molecule has 0 radical (unpaired) electrons. The molecule has 6 nitrogen and oxygen atoms in total. The van der Waals surface area contributed by atoms with E-state index in [0.717, 1.165) is 39.0 Å². The minimum absolute atomic E-state index is 0.00739. The Morgan fingerprint density at radius 3 is 2.52 bits per heavy atom. The summed E-state index contributed by atoms with van der Waals surface area (Å²) in [4.78, 5) is 27.4. The molecule has 0 spiro atoms. The van der Waals surface area contributed by atoms with Gasteiger partial charge in [0.1, 0.15) is 5.75 Å². The van der Waals surface area contributed by atoms with Gasteiger partial charge in [0.05, 0.1) is 7.11 Å². The maximum Gasteiger partial charge on any atom is 0.248 e. The topological polar surface area (TPSA) is 97.2 Å². The van der Waals surface area contributed by atoms with Crippen LogP contribution < -0.4 is 15.8 Å². The van der Waals surface area contributed by atoms with Crippen molar-refractivity contribution >= 4 is 22.7 Å². The zero-order valence-electron chi connectivity index (χ0n) is 18.6. The van der Waals surface area contributed by atoms with E-state index in [4.69, 9.17) is 10.5 Å². The van der Waals surface area contributed by atoms with Gasteiger partial charge in [-0.25, -0.2) is 0 Å². The van der Waals surface area contributed by atoms with E-state index in [9.17, 15) is 9.59 Å². The summed E-state index contributed by atoms with van der Waals surface area (Å²) < 4.78 is 5.27. The second-order valence-electron chi connectivity index (χ2n) is 7.92. The number of benzene rings is 3. The van der Waals surface area contributed by atoms with Crippen LogP contribution in [0.4, 0.5) is 0 Å². The lowest BCUT2D eigenvalue weighted by molar-refractivity contribution is -0.121. The molecule has 0 aliphatic heterocycles.